The second kappa shape index (κ2) is 13.6. The second-order valence-electron chi connectivity index (χ2n) is 16.7. The first-order valence-electron chi connectivity index (χ1n) is 20.3. The van der Waals surface area contributed by atoms with Crippen molar-refractivity contribution in [3.05, 3.63) is 161 Å². The molecule has 0 fully saturated rings. The van der Waals surface area contributed by atoms with E-state index in [4.69, 9.17) is 0 Å². The Bertz CT molecular complexity index is 3260. The topological polar surface area (TPSA) is 4.93 Å². The molecule has 0 amide bonds. The van der Waals surface area contributed by atoms with Gasteiger partial charge in [0.2, 0.25) is 0 Å². The molecule has 0 saturated heterocycles. The lowest BCUT2D eigenvalue weighted by Crippen LogP contribution is -2.22. The molecule has 0 aliphatic rings. The van der Waals surface area contributed by atoms with Gasteiger partial charge in [0.25, 0.3) is 0 Å². The predicted octanol–water partition coefficient (Wildman–Crippen LogP) is 16.9. The van der Waals surface area contributed by atoms with Gasteiger partial charge in [-0.2, -0.15) is 0 Å². The van der Waals surface area contributed by atoms with Gasteiger partial charge in [0, 0.05) is 62.2 Å². The number of benzene rings is 7. The third-order valence-electron chi connectivity index (χ3n) is 12.5. The molecule has 0 N–H and O–H groups in total. The Kier molecular flexibility index (Phi) is 8.55. The molecule has 0 atom stereocenters. The number of fused-ring (bicyclic) bond motifs is 9. The van der Waals surface area contributed by atoms with Gasteiger partial charge in [0.05, 0.1) is 11.0 Å². The summed E-state index contributed by atoms with van der Waals surface area (Å²) in [5.74, 6) is 0. The molecule has 7 aromatic carbocycles. The van der Waals surface area contributed by atoms with Crippen LogP contribution in [0.4, 0.5) is 0 Å². The van der Waals surface area contributed by atoms with Crippen LogP contribution in [-0.2, 0) is 5.41 Å². The summed E-state index contributed by atoms with van der Waals surface area (Å²) in [5, 5.41) is 7.94. The minimum Gasteiger partial charge on any atom is -0.309 e. The van der Waals surface area contributed by atoms with E-state index in [1.165, 1.54) is 112 Å². The molecule has 280 valence electrons. The van der Waals surface area contributed by atoms with E-state index in [2.05, 4.69) is 186 Å². The molecule has 0 unspecified atom stereocenters. The lowest BCUT2D eigenvalue weighted by molar-refractivity contribution is 0.577. The highest BCUT2D eigenvalue weighted by atomic mass is 32.1. The molecule has 0 saturated carbocycles. The van der Waals surface area contributed by atoms with Crippen LogP contribution in [0.1, 0.15) is 64.2 Å². The maximum atomic E-state index is 2.46. The molecule has 3 aromatic heterocycles. The highest BCUT2D eigenvalue weighted by molar-refractivity contribution is 7.26. The summed E-state index contributed by atoms with van der Waals surface area (Å²) in [6, 6.07) is 50.4. The summed E-state index contributed by atoms with van der Waals surface area (Å²) in [6.45, 7) is 16.3. The zero-order chi connectivity index (χ0) is 39.2. The van der Waals surface area contributed by atoms with Gasteiger partial charge in [-0.25, -0.2) is 0 Å². The third-order valence-corrected chi connectivity index (χ3v) is 15.0. The van der Waals surface area contributed by atoms with Crippen molar-refractivity contribution < 1.29 is 0 Å². The molecule has 0 spiro atoms. The second-order valence-corrected chi connectivity index (χ2v) is 18.8. The largest absolute Gasteiger partial charge is 0.309 e. The lowest BCUT2D eigenvalue weighted by atomic mass is 9.72. The fourth-order valence-electron chi connectivity index (χ4n) is 9.86. The van der Waals surface area contributed by atoms with Gasteiger partial charge in [0.15, 0.2) is 0 Å². The fraction of sp³-hybridized carbons (Fsp3) is 0.185. The van der Waals surface area contributed by atoms with Crippen molar-refractivity contribution in [3.63, 3.8) is 0 Å². The summed E-state index contributed by atoms with van der Waals surface area (Å²) in [4.78, 5) is 0. The summed E-state index contributed by atoms with van der Waals surface area (Å²) in [5.41, 5.74) is 15.8. The average Bonchev–Trinajstić information content (AvgIpc) is 3.89. The van der Waals surface area contributed by atoms with Crippen LogP contribution in [0.15, 0.2) is 145 Å². The van der Waals surface area contributed by atoms with E-state index in [1.54, 1.807) is 5.57 Å². The number of aryl methyl sites for hydroxylation is 2. The van der Waals surface area contributed by atoms with Crippen molar-refractivity contribution in [2.75, 3.05) is 0 Å². The minimum atomic E-state index is -0.0219. The van der Waals surface area contributed by atoms with Gasteiger partial charge in [0.1, 0.15) is 0 Å². The molecule has 0 radical (unpaired) electrons. The van der Waals surface area contributed by atoms with Gasteiger partial charge in [-0.3, -0.25) is 0 Å². The quantitative estimate of drug-likeness (QED) is 0.142. The van der Waals surface area contributed by atoms with E-state index in [0.29, 0.717) is 0 Å². The Hall–Kier alpha value is -5.48. The van der Waals surface area contributed by atoms with Crippen LogP contribution in [0.2, 0.25) is 0 Å². The Balaban J connectivity index is 1.11. The molecular weight excluding hydrogens is 727 g/mol. The van der Waals surface area contributed by atoms with E-state index >= 15 is 0 Å². The van der Waals surface area contributed by atoms with Crippen molar-refractivity contribution >= 4 is 84.8 Å². The van der Waals surface area contributed by atoms with Crippen LogP contribution in [0.3, 0.4) is 0 Å². The highest BCUT2D eigenvalue weighted by Gasteiger charge is 2.29. The number of para-hydroxylation sites is 1. The van der Waals surface area contributed by atoms with E-state index in [1.807, 2.05) is 22.7 Å². The monoisotopic (exact) mass is 773 g/mol. The maximum absolute atomic E-state index is 2.46. The van der Waals surface area contributed by atoms with Crippen LogP contribution in [-0.4, -0.2) is 4.57 Å². The molecule has 3 heteroatoms. The summed E-state index contributed by atoms with van der Waals surface area (Å²) in [7, 11) is 0. The van der Waals surface area contributed by atoms with E-state index in [0.717, 1.165) is 12.8 Å². The number of thiophene rings is 2. The molecule has 3 heterocycles. The number of nitrogens with zero attached hydrogens (tertiary/aromatic N) is 1. The van der Waals surface area contributed by atoms with Crippen LogP contribution >= 0.6 is 22.7 Å². The van der Waals surface area contributed by atoms with Gasteiger partial charge in [-0.1, -0.05) is 111 Å². The van der Waals surface area contributed by atoms with E-state index < -0.39 is 0 Å². The normalized spacial score (nSPS) is 12.3. The standard InChI is InChI=1S/C54H47NS2/c1-8-14-46(32(2)3)54(6,7)47-24-23-41-45-28-33(4)27-42(53(45)57-52(41)34(47)5)37-15-13-16-38(29-37)55-48-19-11-9-17-39(48)43-30-35(21-25-49(43)55)36-22-26-51-44(31-36)40-18-10-12-20-50(40)56-51/h9-13,15-31H,8,14H2,1-7H3. The SMILES string of the molecule is CCCC(=C(C)C)C(C)(C)c1ccc2c(sc3c(-c4cccc(-n5c6ccccc6c6cc(-c7ccc8sc9ccccc9c8c7)ccc65)c4)cc(C)cc32)c1C. The number of aromatic nitrogens is 1. The van der Waals surface area contributed by atoms with Crippen LogP contribution in [0.5, 0.6) is 0 Å². The van der Waals surface area contributed by atoms with Gasteiger partial charge < -0.3 is 4.57 Å². The highest BCUT2D eigenvalue weighted by Crippen LogP contribution is 2.47. The molecule has 57 heavy (non-hydrogen) atoms. The van der Waals surface area contributed by atoms with Crippen molar-refractivity contribution in [2.45, 2.75) is 66.7 Å². The number of allylic oxidation sites excluding steroid dienone is 2. The Morgan fingerprint density at radius 3 is 2.09 bits per heavy atom. The van der Waals surface area contributed by atoms with Crippen molar-refractivity contribution in [3.8, 4) is 27.9 Å². The Morgan fingerprint density at radius 1 is 0.561 bits per heavy atom. The Morgan fingerprint density at radius 2 is 1.28 bits per heavy atom. The first-order valence-corrected chi connectivity index (χ1v) is 21.9. The van der Waals surface area contributed by atoms with Gasteiger partial charge in [-0.05, 0) is 134 Å². The van der Waals surface area contributed by atoms with Crippen LogP contribution < -0.4 is 0 Å². The van der Waals surface area contributed by atoms with Crippen molar-refractivity contribution in [1.29, 1.82) is 0 Å². The first kappa shape index (κ1) is 35.9. The molecule has 0 aliphatic carbocycles. The lowest BCUT2D eigenvalue weighted by Gasteiger charge is -2.32. The van der Waals surface area contributed by atoms with Crippen LogP contribution in [0, 0.1) is 13.8 Å². The van der Waals surface area contributed by atoms with Crippen LogP contribution in [0.25, 0.3) is 90.1 Å². The minimum absolute atomic E-state index is 0.0219. The smallest absolute Gasteiger partial charge is 0.0541 e. The zero-order valence-electron chi connectivity index (χ0n) is 33.9. The molecule has 10 aromatic rings. The molecule has 0 aliphatic heterocycles. The van der Waals surface area contributed by atoms with Gasteiger partial charge >= 0.3 is 0 Å². The summed E-state index contributed by atoms with van der Waals surface area (Å²) < 4.78 is 7.91. The number of hydrogen-bond acceptors (Lipinski definition) is 2. The number of hydrogen-bond donors (Lipinski definition) is 0. The molecule has 0 bridgehead atoms. The summed E-state index contributed by atoms with van der Waals surface area (Å²) in [6.07, 6.45) is 2.30. The average molecular weight is 774 g/mol. The third kappa shape index (κ3) is 5.69. The maximum Gasteiger partial charge on any atom is 0.0541 e. The molecule has 1 nitrogen and oxygen atoms in total. The Labute approximate surface area is 343 Å². The summed E-state index contributed by atoms with van der Waals surface area (Å²) >= 11 is 3.84. The van der Waals surface area contributed by atoms with E-state index in [9.17, 15) is 0 Å². The fourth-order valence-corrected chi connectivity index (χ4v) is 12.3. The number of rotatable bonds is 7. The van der Waals surface area contributed by atoms with Gasteiger partial charge in [-0.15, -0.1) is 22.7 Å². The zero-order valence-corrected chi connectivity index (χ0v) is 35.5. The molecule has 10 rings (SSSR count). The van der Waals surface area contributed by atoms with Crippen molar-refractivity contribution in [2.24, 2.45) is 0 Å². The predicted molar refractivity (Wildman–Crippen MR) is 253 cm³/mol. The van der Waals surface area contributed by atoms with Crippen molar-refractivity contribution in [1.82, 2.24) is 4.57 Å². The molecular formula is C54H47NS2. The van der Waals surface area contributed by atoms with E-state index in [-0.39, 0.29) is 5.41 Å². The first-order chi connectivity index (χ1) is 27.6.